The van der Waals surface area contributed by atoms with Crippen LogP contribution in [0, 0.1) is 10.1 Å². The summed E-state index contributed by atoms with van der Waals surface area (Å²) in [4.78, 5) is 10.6. The molecule has 0 fully saturated rings. The number of nitro benzene ring substituents is 1. The van der Waals surface area contributed by atoms with Crippen molar-refractivity contribution in [3.63, 3.8) is 0 Å². The summed E-state index contributed by atoms with van der Waals surface area (Å²) in [7, 11) is 0. The predicted molar refractivity (Wildman–Crippen MR) is 80.3 cm³/mol. The minimum atomic E-state index is -0.387. The van der Waals surface area contributed by atoms with E-state index in [1.807, 2.05) is 13.0 Å². The summed E-state index contributed by atoms with van der Waals surface area (Å²) in [5.74, 6) is 0.350. The van der Waals surface area contributed by atoms with Crippen LogP contribution in [0.3, 0.4) is 0 Å². The Bertz CT molecular complexity index is 453. The van der Waals surface area contributed by atoms with Gasteiger partial charge < -0.3 is 10.1 Å². The average molecular weight is 280 g/mol. The lowest BCUT2D eigenvalue weighted by Gasteiger charge is -2.20. The molecule has 0 saturated heterocycles. The molecule has 0 atom stereocenters. The predicted octanol–water partition coefficient (Wildman–Crippen LogP) is 3.31. The van der Waals surface area contributed by atoms with E-state index in [9.17, 15) is 10.1 Å². The van der Waals surface area contributed by atoms with Crippen LogP contribution in [0.2, 0.25) is 0 Å². The van der Waals surface area contributed by atoms with Crippen LogP contribution in [-0.4, -0.2) is 23.6 Å². The van der Waals surface area contributed by atoms with Crippen molar-refractivity contribution in [2.24, 2.45) is 0 Å². The highest BCUT2D eigenvalue weighted by atomic mass is 16.6. The van der Waals surface area contributed by atoms with Crippen molar-refractivity contribution in [3.05, 3.63) is 33.9 Å². The second-order valence-electron chi connectivity index (χ2n) is 5.79. The number of nitrogens with zero attached hydrogens (tertiary/aromatic N) is 1. The van der Waals surface area contributed by atoms with Gasteiger partial charge in [-0.25, -0.2) is 0 Å². The van der Waals surface area contributed by atoms with Gasteiger partial charge in [-0.3, -0.25) is 10.1 Å². The Labute approximate surface area is 120 Å². The molecule has 0 unspecified atom stereocenters. The lowest BCUT2D eigenvalue weighted by Crippen LogP contribution is -2.36. The molecule has 1 aromatic rings. The maximum Gasteiger partial charge on any atom is 0.311 e. The van der Waals surface area contributed by atoms with Crippen molar-refractivity contribution < 1.29 is 9.66 Å². The van der Waals surface area contributed by atoms with E-state index in [0.717, 1.165) is 24.9 Å². The second-order valence-corrected chi connectivity index (χ2v) is 5.79. The Balaban J connectivity index is 2.53. The van der Waals surface area contributed by atoms with Gasteiger partial charge in [0.25, 0.3) is 0 Å². The number of benzene rings is 1. The molecule has 5 nitrogen and oxygen atoms in total. The standard InChI is InChI=1S/C15H24N2O3/c1-5-12-7-8-14(13(11-12)17(18)19)20-10-6-9-16-15(2,3)4/h7-8,11,16H,5-6,9-10H2,1-4H3. The molecule has 0 aliphatic rings. The first kappa shape index (κ1) is 16.4. The highest BCUT2D eigenvalue weighted by Crippen LogP contribution is 2.28. The molecule has 112 valence electrons. The molecule has 0 amide bonds. The van der Waals surface area contributed by atoms with Gasteiger partial charge in [0.2, 0.25) is 0 Å². The zero-order valence-electron chi connectivity index (χ0n) is 12.7. The molecule has 0 heterocycles. The number of aryl methyl sites for hydroxylation is 1. The van der Waals surface area contributed by atoms with E-state index in [1.54, 1.807) is 12.1 Å². The zero-order chi connectivity index (χ0) is 15.2. The molecule has 1 rings (SSSR count). The Morgan fingerprint density at radius 1 is 1.35 bits per heavy atom. The number of nitro groups is 1. The average Bonchev–Trinajstić information content (AvgIpc) is 2.37. The molecule has 1 aromatic carbocycles. The monoisotopic (exact) mass is 280 g/mol. The summed E-state index contributed by atoms with van der Waals surface area (Å²) in [6, 6.07) is 5.15. The van der Waals surface area contributed by atoms with Crippen LogP contribution in [0.5, 0.6) is 5.75 Å². The van der Waals surface area contributed by atoms with E-state index in [2.05, 4.69) is 26.1 Å². The van der Waals surface area contributed by atoms with Crippen LogP contribution in [0.1, 0.15) is 39.7 Å². The molecule has 1 N–H and O–H groups in total. The molecule has 0 aliphatic carbocycles. The fraction of sp³-hybridized carbons (Fsp3) is 0.600. The zero-order valence-corrected chi connectivity index (χ0v) is 12.7. The normalized spacial score (nSPS) is 11.4. The van der Waals surface area contributed by atoms with Gasteiger partial charge in [0.15, 0.2) is 5.75 Å². The van der Waals surface area contributed by atoms with E-state index < -0.39 is 0 Å². The fourth-order valence-electron chi connectivity index (χ4n) is 1.77. The van der Waals surface area contributed by atoms with Crippen LogP contribution in [0.15, 0.2) is 18.2 Å². The first-order chi connectivity index (χ1) is 9.33. The summed E-state index contributed by atoms with van der Waals surface area (Å²) in [6.45, 7) is 9.56. The summed E-state index contributed by atoms with van der Waals surface area (Å²) in [6.07, 6.45) is 1.58. The van der Waals surface area contributed by atoms with E-state index >= 15 is 0 Å². The molecule has 5 heteroatoms. The van der Waals surface area contributed by atoms with E-state index in [4.69, 9.17) is 4.74 Å². The third-order valence-corrected chi connectivity index (χ3v) is 2.86. The summed E-state index contributed by atoms with van der Waals surface area (Å²) < 4.78 is 5.53. The number of nitrogens with one attached hydrogen (secondary N) is 1. The number of rotatable bonds is 7. The maximum absolute atomic E-state index is 11.0. The lowest BCUT2D eigenvalue weighted by molar-refractivity contribution is -0.385. The molecular formula is C15H24N2O3. The van der Waals surface area contributed by atoms with E-state index in [0.29, 0.717) is 12.4 Å². The van der Waals surface area contributed by atoms with Crippen molar-refractivity contribution in [2.75, 3.05) is 13.2 Å². The van der Waals surface area contributed by atoms with Gasteiger partial charge in [0.05, 0.1) is 11.5 Å². The SMILES string of the molecule is CCc1ccc(OCCCNC(C)(C)C)c([N+](=O)[O-])c1. The first-order valence-corrected chi connectivity index (χ1v) is 6.98. The number of ether oxygens (including phenoxy) is 1. The smallest absolute Gasteiger partial charge is 0.311 e. The minimum absolute atomic E-state index is 0.0492. The van der Waals surface area contributed by atoms with Crippen molar-refractivity contribution >= 4 is 5.69 Å². The Morgan fingerprint density at radius 3 is 2.60 bits per heavy atom. The van der Waals surface area contributed by atoms with Crippen LogP contribution >= 0.6 is 0 Å². The lowest BCUT2D eigenvalue weighted by atomic mass is 10.1. The molecule has 0 saturated carbocycles. The molecular weight excluding hydrogens is 256 g/mol. The van der Waals surface area contributed by atoms with E-state index in [-0.39, 0.29) is 16.1 Å². The number of hydrogen-bond donors (Lipinski definition) is 1. The molecule has 0 aromatic heterocycles. The van der Waals surface area contributed by atoms with Gasteiger partial charge >= 0.3 is 5.69 Å². The first-order valence-electron chi connectivity index (χ1n) is 6.98. The molecule has 0 radical (unpaired) electrons. The van der Waals surface area contributed by atoms with Crippen LogP contribution in [0.4, 0.5) is 5.69 Å². The summed E-state index contributed by atoms with van der Waals surface area (Å²) in [5.41, 5.74) is 1.07. The topological polar surface area (TPSA) is 64.4 Å². The van der Waals surface area contributed by atoms with E-state index in [1.165, 1.54) is 0 Å². The highest BCUT2D eigenvalue weighted by Gasteiger charge is 2.15. The Hall–Kier alpha value is -1.62. The third-order valence-electron chi connectivity index (χ3n) is 2.86. The Kier molecular flexibility index (Phi) is 5.95. The molecule has 0 bridgehead atoms. The van der Waals surface area contributed by atoms with Crippen LogP contribution < -0.4 is 10.1 Å². The minimum Gasteiger partial charge on any atom is -0.487 e. The van der Waals surface area contributed by atoms with Gasteiger partial charge in [0, 0.05) is 11.6 Å². The molecule has 0 spiro atoms. The summed E-state index contributed by atoms with van der Waals surface area (Å²) in [5, 5.41) is 14.4. The van der Waals surface area contributed by atoms with Crippen LogP contribution in [0.25, 0.3) is 0 Å². The van der Waals surface area contributed by atoms with Crippen molar-refractivity contribution in [2.45, 2.75) is 46.1 Å². The van der Waals surface area contributed by atoms with Crippen molar-refractivity contribution in [3.8, 4) is 5.75 Å². The van der Waals surface area contributed by atoms with Gasteiger partial charge in [-0.1, -0.05) is 13.0 Å². The highest BCUT2D eigenvalue weighted by molar-refractivity contribution is 5.48. The van der Waals surface area contributed by atoms with Gasteiger partial charge in [-0.15, -0.1) is 0 Å². The number of hydrogen-bond acceptors (Lipinski definition) is 4. The fourth-order valence-corrected chi connectivity index (χ4v) is 1.77. The second kappa shape index (κ2) is 7.24. The van der Waals surface area contributed by atoms with Gasteiger partial charge in [-0.05, 0) is 51.8 Å². The van der Waals surface area contributed by atoms with Gasteiger partial charge in [-0.2, -0.15) is 0 Å². The van der Waals surface area contributed by atoms with Gasteiger partial charge in [0.1, 0.15) is 0 Å². The quantitative estimate of drug-likeness (QED) is 0.473. The third kappa shape index (κ3) is 5.57. The largest absolute Gasteiger partial charge is 0.487 e. The van der Waals surface area contributed by atoms with Crippen molar-refractivity contribution in [1.29, 1.82) is 0 Å². The molecule has 20 heavy (non-hydrogen) atoms. The summed E-state index contributed by atoms with van der Waals surface area (Å²) >= 11 is 0. The van der Waals surface area contributed by atoms with Crippen LogP contribution in [-0.2, 0) is 6.42 Å². The Morgan fingerprint density at radius 2 is 2.05 bits per heavy atom. The maximum atomic E-state index is 11.0. The molecule has 0 aliphatic heterocycles. The van der Waals surface area contributed by atoms with Crippen molar-refractivity contribution in [1.82, 2.24) is 5.32 Å².